The van der Waals surface area contributed by atoms with Gasteiger partial charge in [-0.15, -0.1) is 0 Å². The molecule has 0 saturated heterocycles. The lowest BCUT2D eigenvalue weighted by Gasteiger charge is -2.18. The quantitative estimate of drug-likeness (QED) is 0.460. The first-order valence-corrected chi connectivity index (χ1v) is 5.96. The van der Waals surface area contributed by atoms with Crippen molar-refractivity contribution in [1.29, 1.82) is 0 Å². The number of ether oxygens (including phenoxy) is 2. The molecule has 0 saturated carbocycles. The largest absolute Gasteiger partial charge is 0.493 e. The van der Waals surface area contributed by atoms with E-state index in [0.29, 0.717) is 35.6 Å². The molecule has 0 fully saturated rings. The van der Waals surface area contributed by atoms with Gasteiger partial charge in [-0.2, -0.15) is 0 Å². The van der Waals surface area contributed by atoms with E-state index >= 15 is 0 Å². The van der Waals surface area contributed by atoms with Crippen molar-refractivity contribution in [1.82, 2.24) is 0 Å². The maximum atomic E-state index is 11.0. The third kappa shape index (κ3) is 3.82. The van der Waals surface area contributed by atoms with Gasteiger partial charge in [-0.25, -0.2) is 0 Å². The van der Waals surface area contributed by atoms with Gasteiger partial charge >= 0.3 is 0 Å². The fourth-order valence-electron chi connectivity index (χ4n) is 1.59. The summed E-state index contributed by atoms with van der Waals surface area (Å²) >= 11 is 0. The van der Waals surface area contributed by atoms with Gasteiger partial charge in [0.1, 0.15) is 0 Å². The minimum Gasteiger partial charge on any atom is -0.493 e. The number of aldehydes is 1. The Balaban J connectivity index is 3.35. The van der Waals surface area contributed by atoms with Crippen LogP contribution in [-0.2, 0) is 9.59 Å². The second-order valence-electron chi connectivity index (χ2n) is 3.96. The van der Waals surface area contributed by atoms with Crippen LogP contribution in [0.15, 0.2) is 28.9 Å². The molecular formula is C14H17N3O4. The second-order valence-corrected chi connectivity index (χ2v) is 3.96. The molecule has 0 atom stereocenters. The summed E-state index contributed by atoms with van der Waals surface area (Å²) < 4.78 is 10.5. The Hall–Kier alpha value is -2.83. The third-order valence-electron chi connectivity index (χ3n) is 2.67. The fourth-order valence-corrected chi connectivity index (χ4v) is 1.59. The highest BCUT2D eigenvalue weighted by Crippen LogP contribution is 2.40. The lowest BCUT2D eigenvalue weighted by Crippen LogP contribution is -2.15. The van der Waals surface area contributed by atoms with E-state index in [-0.39, 0.29) is 5.57 Å². The standard InChI is InChI=1S/C14H17N3O4/c1-17(9-19)12-4-11(16-7-10(6-15)8-18)5-13(20-2)14(12)21-3/h4-9H,15H2,1-3H3. The van der Waals surface area contributed by atoms with Crippen molar-refractivity contribution >= 4 is 30.3 Å². The van der Waals surface area contributed by atoms with Gasteiger partial charge in [0.05, 0.1) is 25.6 Å². The predicted molar refractivity (Wildman–Crippen MR) is 80.5 cm³/mol. The Morgan fingerprint density at radius 1 is 1.29 bits per heavy atom. The van der Waals surface area contributed by atoms with Crippen molar-refractivity contribution in [2.45, 2.75) is 0 Å². The van der Waals surface area contributed by atoms with Crippen LogP contribution in [0, 0.1) is 0 Å². The molecule has 0 unspecified atom stereocenters. The van der Waals surface area contributed by atoms with Gasteiger partial charge in [-0.3, -0.25) is 14.6 Å². The van der Waals surface area contributed by atoms with Crippen molar-refractivity contribution in [3.8, 4) is 11.5 Å². The summed E-state index contributed by atoms with van der Waals surface area (Å²) in [6, 6.07) is 3.25. The van der Waals surface area contributed by atoms with Gasteiger partial charge < -0.3 is 20.1 Å². The van der Waals surface area contributed by atoms with Crippen LogP contribution in [0.2, 0.25) is 0 Å². The molecule has 0 aliphatic heterocycles. The molecule has 0 radical (unpaired) electrons. The van der Waals surface area contributed by atoms with Crippen LogP contribution in [0.4, 0.5) is 11.4 Å². The van der Waals surface area contributed by atoms with Crippen LogP contribution in [0.1, 0.15) is 0 Å². The van der Waals surface area contributed by atoms with E-state index in [1.165, 1.54) is 25.3 Å². The zero-order valence-corrected chi connectivity index (χ0v) is 12.1. The number of allylic oxidation sites excluding steroid dienone is 1. The zero-order chi connectivity index (χ0) is 15.8. The van der Waals surface area contributed by atoms with Gasteiger partial charge in [0.25, 0.3) is 0 Å². The Kier molecular flexibility index (Phi) is 5.94. The lowest BCUT2D eigenvalue weighted by molar-refractivity contribution is -0.107. The second kappa shape index (κ2) is 7.68. The molecule has 2 N–H and O–H groups in total. The van der Waals surface area contributed by atoms with Gasteiger partial charge in [0.15, 0.2) is 17.8 Å². The van der Waals surface area contributed by atoms with E-state index < -0.39 is 0 Å². The number of amides is 1. The number of methoxy groups -OCH3 is 2. The summed E-state index contributed by atoms with van der Waals surface area (Å²) in [6.45, 7) is 0. The number of anilines is 1. The summed E-state index contributed by atoms with van der Waals surface area (Å²) in [4.78, 5) is 27.1. The molecule has 1 rings (SSSR count). The van der Waals surface area contributed by atoms with Gasteiger partial charge in [-0.1, -0.05) is 0 Å². The summed E-state index contributed by atoms with van der Waals surface area (Å²) in [5.41, 5.74) is 6.47. The molecule has 7 nitrogen and oxygen atoms in total. The first kappa shape index (κ1) is 16.2. The molecule has 21 heavy (non-hydrogen) atoms. The first-order chi connectivity index (χ1) is 10.1. The van der Waals surface area contributed by atoms with Crippen LogP contribution in [0.5, 0.6) is 11.5 Å². The molecule has 112 valence electrons. The number of nitrogens with two attached hydrogens (primary N) is 1. The van der Waals surface area contributed by atoms with Crippen LogP contribution in [0.25, 0.3) is 0 Å². The van der Waals surface area contributed by atoms with Gasteiger partial charge in [0.2, 0.25) is 6.41 Å². The number of rotatable bonds is 7. The summed E-state index contributed by atoms with van der Waals surface area (Å²) in [5.74, 6) is 0.830. The lowest BCUT2D eigenvalue weighted by atomic mass is 10.2. The number of hydrogen-bond donors (Lipinski definition) is 1. The van der Waals surface area contributed by atoms with E-state index in [1.54, 1.807) is 19.2 Å². The maximum Gasteiger partial charge on any atom is 0.213 e. The number of benzene rings is 1. The van der Waals surface area contributed by atoms with E-state index in [2.05, 4.69) is 4.99 Å². The normalized spacial score (nSPS) is 11.3. The van der Waals surface area contributed by atoms with E-state index in [9.17, 15) is 9.59 Å². The highest BCUT2D eigenvalue weighted by Gasteiger charge is 2.15. The van der Waals surface area contributed by atoms with Crippen LogP contribution in [0.3, 0.4) is 0 Å². The molecule has 1 amide bonds. The topological polar surface area (TPSA) is 94.2 Å². The van der Waals surface area contributed by atoms with E-state index in [4.69, 9.17) is 15.2 Å². The molecule has 0 heterocycles. The smallest absolute Gasteiger partial charge is 0.213 e. The summed E-state index contributed by atoms with van der Waals surface area (Å²) in [6.07, 6.45) is 3.69. The molecular weight excluding hydrogens is 274 g/mol. The minimum atomic E-state index is 0.232. The molecule has 1 aromatic carbocycles. The number of hydrogen-bond acceptors (Lipinski definition) is 6. The van der Waals surface area contributed by atoms with Crippen molar-refractivity contribution in [3.63, 3.8) is 0 Å². The number of carbonyl (C=O) groups excluding carboxylic acids is 2. The van der Waals surface area contributed by atoms with Crippen molar-refractivity contribution in [2.24, 2.45) is 10.7 Å². The molecule has 0 aliphatic rings. The highest BCUT2D eigenvalue weighted by molar-refractivity contribution is 6.02. The Labute approximate surface area is 122 Å². The average Bonchev–Trinajstić information content (AvgIpc) is 2.53. The number of aliphatic imine (C=N–C) groups is 1. The highest BCUT2D eigenvalue weighted by atomic mass is 16.5. The zero-order valence-electron chi connectivity index (χ0n) is 12.1. The number of carbonyl (C=O) groups is 2. The molecule has 0 aliphatic carbocycles. The SMILES string of the molecule is COc1cc(N=CC(C=O)=CN)cc(N(C)C=O)c1OC. The number of nitrogens with zero attached hydrogens (tertiary/aromatic N) is 2. The van der Waals surface area contributed by atoms with Crippen molar-refractivity contribution in [2.75, 3.05) is 26.2 Å². The van der Waals surface area contributed by atoms with Gasteiger partial charge in [-0.05, 0) is 6.07 Å². The third-order valence-corrected chi connectivity index (χ3v) is 2.67. The predicted octanol–water partition coefficient (Wildman–Crippen LogP) is 1.04. The molecule has 7 heteroatoms. The minimum absolute atomic E-state index is 0.232. The average molecular weight is 291 g/mol. The fraction of sp³-hybridized carbons (Fsp3) is 0.214. The Morgan fingerprint density at radius 2 is 2.00 bits per heavy atom. The molecule has 0 bridgehead atoms. The molecule has 0 spiro atoms. The van der Waals surface area contributed by atoms with Crippen LogP contribution >= 0.6 is 0 Å². The van der Waals surface area contributed by atoms with Crippen molar-refractivity contribution < 1.29 is 19.1 Å². The Bertz CT molecular complexity index is 582. The van der Waals surface area contributed by atoms with Gasteiger partial charge in [0, 0.05) is 31.1 Å². The van der Waals surface area contributed by atoms with Crippen LogP contribution in [-0.4, -0.2) is 40.2 Å². The van der Waals surface area contributed by atoms with E-state index in [0.717, 1.165) is 6.20 Å². The monoisotopic (exact) mass is 291 g/mol. The maximum absolute atomic E-state index is 11.0. The molecule has 1 aromatic rings. The molecule has 0 aromatic heterocycles. The van der Waals surface area contributed by atoms with Crippen LogP contribution < -0.4 is 20.1 Å². The van der Waals surface area contributed by atoms with E-state index in [1.807, 2.05) is 0 Å². The first-order valence-electron chi connectivity index (χ1n) is 5.96. The Morgan fingerprint density at radius 3 is 2.48 bits per heavy atom. The van der Waals surface area contributed by atoms with Crippen molar-refractivity contribution in [3.05, 3.63) is 23.9 Å². The summed E-state index contributed by atoms with van der Waals surface area (Å²) in [7, 11) is 4.53. The summed E-state index contributed by atoms with van der Waals surface area (Å²) in [5, 5.41) is 0.